The minimum Gasteiger partial charge on any atom is -0.494 e. The van der Waals surface area contributed by atoms with E-state index in [9.17, 15) is 9.59 Å². The third-order valence-electron chi connectivity index (χ3n) is 4.20. The van der Waals surface area contributed by atoms with Crippen LogP contribution in [0.15, 0.2) is 46.9 Å². The molecule has 0 radical (unpaired) electrons. The van der Waals surface area contributed by atoms with Crippen LogP contribution in [0.5, 0.6) is 11.5 Å². The van der Waals surface area contributed by atoms with Gasteiger partial charge in [-0.2, -0.15) is 0 Å². The molecule has 2 amide bonds. The third kappa shape index (κ3) is 6.99. The number of hydrogen-bond donors (Lipinski definition) is 2. The van der Waals surface area contributed by atoms with Crippen molar-refractivity contribution >= 4 is 34.9 Å². The van der Waals surface area contributed by atoms with Crippen molar-refractivity contribution in [1.82, 2.24) is 20.1 Å². The highest BCUT2D eigenvalue weighted by molar-refractivity contribution is 7.99. The number of carbonyl (C=O) groups is 2. The minimum atomic E-state index is -0.406. The number of ether oxygens (including phenoxy) is 2. The Balaban J connectivity index is 1.46. The van der Waals surface area contributed by atoms with Crippen LogP contribution in [-0.2, 0) is 16.1 Å². The SMILES string of the molecule is CCOc1ccc(OCCNC(=O)CSc2nnc(-c3cccs3)n2CCC(N)=O)cc1. The van der Waals surface area contributed by atoms with Crippen molar-refractivity contribution in [3.63, 3.8) is 0 Å². The summed E-state index contributed by atoms with van der Waals surface area (Å²) < 4.78 is 12.8. The first-order valence-electron chi connectivity index (χ1n) is 10.1. The molecule has 3 rings (SSSR count). The molecule has 3 aromatic rings. The molecule has 3 N–H and O–H groups in total. The third-order valence-corrected chi connectivity index (χ3v) is 6.03. The Bertz CT molecular complexity index is 1010. The summed E-state index contributed by atoms with van der Waals surface area (Å²) >= 11 is 2.79. The maximum Gasteiger partial charge on any atom is 0.230 e. The Labute approximate surface area is 194 Å². The van der Waals surface area contributed by atoms with Gasteiger partial charge in [0.15, 0.2) is 11.0 Å². The first-order chi connectivity index (χ1) is 15.6. The van der Waals surface area contributed by atoms with Crippen molar-refractivity contribution in [3.8, 4) is 22.2 Å². The van der Waals surface area contributed by atoms with Gasteiger partial charge in [-0.1, -0.05) is 17.8 Å². The summed E-state index contributed by atoms with van der Waals surface area (Å²) in [5.74, 6) is 1.77. The van der Waals surface area contributed by atoms with Crippen molar-refractivity contribution in [3.05, 3.63) is 41.8 Å². The topological polar surface area (TPSA) is 121 Å². The molecule has 2 aromatic heterocycles. The number of thioether (sulfide) groups is 1. The zero-order chi connectivity index (χ0) is 22.8. The lowest BCUT2D eigenvalue weighted by Crippen LogP contribution is -2.29. The van der Waals surface area contributed by atoms with Gasteiger partial charge in [-0.15, -0.1) is 21.5 Å². The van der Waals surface area contributed by atoms with E-state index in [0.717, 1.165) is 10.6 Å². The van der Waals surface area contributed by atoms with Gasteiger partial charge in [0.05, 0.1) is 23.8 Å². The van der Waals surface area contributed by atoms with Gasteiger partial charge < -0.3 is 25.1 Å². The summed E-state index contributed by atoms with van der Waals surface area (Å²) in [4.78, 5) is 24.4. The lowest BCUT2D eigenvalue weighted by Gasteiger charge is -2.10. The van der Waals surface area contributed by atoms with Crippen LogP contribution in [0.1, 0.15) is 13.3 Å². The Morgan fingerprint density at radius 1 is 1.16 bits per heavy atom. The minimum absolute atomic E-state index is 0.146. The largest absolute Gasteiger partial charge is 0.494 e. The number of nitrogens with one attached hydrogen (secondary N) is 1. The Morgan fingerprint density at radius 2 is 1.91 bits per heavy atom. The van der Waals surface area contributed by atoms with Gasteiger partial charge in [-0.25, -0.2) is 0 Å². The summed E-state index contributed by atoms with van der Waals surface area (Å²) in [6.45, 7) is 3.62. The molecule has 0 spiro atoms. The van der Waals surface area contributed by atoms with Crippen LogP contribution in [0, 0.1) is 0 Å². The molecule has 1 aromatic carbocycles. The molecule has 0 unspecified atom stereocenters. The van der Waals surface area contributed by atoms with E-state index < -0.39 is 5.91 Å². The molecule has 0 saturated carbocycles. The monoisotopic (exact) mass is 475 g/mol. The molecule has 0 fully saturated rings. The van der Waals surface area contributed by atoms with Gasteiger partial charge in [0, 0.05) is 13.0 Å². The fourth-order valence-corrected chi connectivity index (χ4v) is 4.26. The normalized spacial score (nSPS) is 10.7. The van der Waals surface area contributed by atoms with Crippen LogP contribution in [0.4, 0.5) is 0 Å². The number of nitrogens with zero attached hydrogens (tertiary/aromatic N) is 3. The molecule has 11 heteroatoms. The molecule has 0 bridgehead atoms. The second-order valence-electron chi connectivity index (χ2n) is 6.54. The molecule has 0 aliphatic carbocycles. The fourth-order valence-electron chi connectivity index (χ4n) is 2.75. The molecule has 170 valence electrons. The van der Waals surface area contributed by atoms with E-state index >= 15 is 0 Å². The second kappa shape index (κ2) is 12.1. The highest BCUT2D eigenvalue weighted by atomic mass is 32.2. The van der Waals surface area contributed by atoms with Crippen molar-refractivity contribution in [2.75, 3.05) is 25.5 Å². The molecule has 9 nitrogen and oxygen atoms in total. The maximum absolute atomic E-state index is 12.2. The number of amides is 2. The molecule has 0 atom stereocenters. The van der Waals surface area contributed by atoms with Crippen LogP contribution in [0.3, 0.4) is 0 Å². The van der Waals surface area contributed by atoms with Crippen molar-refractivity contribution in [1.29, 1.82) is 0 Å². The van der Waals surface area contributed by atoms with E-state index in [1.165, 1.54) is 23.1 Å². The summed E-state index contributed by atoms with van der Waals surface area (Å²) in [5.41, 5.74) is 5.30. The first kappa shape index (κ1) is 23.6. The molecular formula is C21H25N5O4S2. The van der Waals surface area contributed by atoms with Crippen molar-refractivity contribution < 1.29 is 19.1 Å². The predicted molar refractivity (Wildman–Crippen MR) is 124 cm³/mol. The molecule has 0 aliphatic heterocycles. The lowest BCUT2D eigenvalue weighted by atomic mass is 10.3. The first-order valence-corrected chi connectivity index (χ1v) is 11.9. The van der Waals surface area contributed by atoms with Crippen LogP contribution in [0.2, 0.25) is 0 Å². The second-order valence-corrected chi connectivity index (χ2v) is 8.43. The van der Waals surface area contributed by atoms with Gasteiger partial charge >= 0.3 is 0 Å². The van der Waals surface area contributed by atoms with E-state index in [1.807, 2.05) is 53.3 Å². The van der Waals surface area contributed by atoms with E-state index in [4.69, 9.17) is 15.2 Å². The Kier molecular flexibility index (Phi) is 8.93. The zero-order valence-electron chi connectivity index (χ0n) is 17.7. The molecule has 32 heavy (non-hydrogen) atoms. The van der Waals surface area contributed by atoms with E-state index in [1.54, 1.807) is 0 Å². The number of thiophene rings is 1. The smallest absolute Gasteiger partial charge is 0.230 e. The van der Waals surface area contributed by atoms with E-state index in [2.05, 4.69) is 15.5 Å². The quantitative estimate of drug-likeness (QED) is 0.288. The standard InChI is InChI=1S/C21H25N5O4S2/c1-2-29-15-5-7-16(8-6-15)30-12-10-23-19(28)14-32-21-25-24-20(17-4-3-13-31-17)26(21)11-9-18(22)27/h3-8,13H,2,9-12,14H2,1H3,(H2,22,27)(H,23,28). The van der Waals surface area contributed by atoms with Crippen LogP contribution in [0.25, 0.3) is 10.7 Å². The average Bonchev–Trinajstić information content (AvgIpc) is 3.44. The molecule has 0 aliphatic rings. The molecule has 0 saturated heterocycles. The van der Waals surface area contributed by atoms with Gasteiger partial charge in [0.25, 0.3) is 0 Å². The number of aromatic nitrogens is 3. The van der Waals surface area contributed by atoms with Gasteiger partial charge in [-0.3, -0.25) is 9.59 Å². The zero-order valence-corrected chi connectivity index (χ0v) is 19.3. The highest BCUT2D eigenvalue weighted by Crippen LogP contribution is 2.27. The summed E-state index contributed by atoms with van der Waals surface area (Å²) in [6, 6.07) is 11.2. The van der Waals surface area contributed by atoms with E-state index in [-0.39, 0.29) is 18.1 Å². The molecular weight excluding hydrogens is 450 g/mol. The summed E-state index contributed by atoms with van der Waals surface area (Å²) in [6.07, 6.45) is 0.166. The number of hydrogen-bond acceptors (Lipinski definition) is 8. The predicted octanol–water partition coefficient (Wildman–Crippen LogP) is 2.57. The Hall–Kier alpha value is -3.05. The van der Waals surface area contributed by atoms with Crippen LogP contribution < -0.4 is 20.5 Å². The summed E-state index contributed by atoms with van der Waals surface area (Å²) in [7, 11) is 0. The number of carbonyl (C=O) groups excluding carboxylic acids is 2. The highest BCUT2D eigenvalue weighted by Gasteiger charge is 2.16. The van der Waals surface area contributed by atoms with E-state index in [0.29, 0.717) is 43.0 Å². The lowest BCUT2D eigenvalue weighted by molar-refractivity contribution is -0.119. The number of rotatable bonds is 13. The number of nitrogens with two attached hydrogens (primary N) is 1. The fraction of sp³-hybridized carbons (Fsp3) is 0.333. The van der Waals surface area contributed by atoms with Crippen molar-refractivity contribution in [2.45, 2.75) is 25.0 Å². The number of benzene rings is 1. The maximum atomic E-state index is 12.2. The average molecular weight is 476 g/mol. The van der Waals surface area contributed by atoms with Gasteiger partial charge in [0.2, 0.25) is 11.8 Å². The van der Waals surface area contributed by atoms with Crippen molar-refractivity contribution in [2.24, 2.45) is 5.73 Å². The molecule has 2 heterocycles. The van der Waals surface area contributed by atoms with Crippen LogP contribution >= 0.6 is 23.1 Å². The Morgan fingerprint density at radius 3 is 2.56 bits per heavy atom. The van der Waals surface area contributed by atoms with Gasteiger partial charge in [-0.05, 0) is 42.6 Å². The van der Waals surface area contributed by atoms with Crippen LogP contribution in [-0.4, -0.2) is 52.1 Å². The number of primary amides is 1. The van der Waals surface area contributed by atoms with Gasteiger partial charge in [0.1, 0.15) is 18.1 Å². The summed E-state index contributed by atoms with van der Waals surface area (Å²) in [5, 5.41) is 13.8.